The second-order valence-corrected chi connectivity index (χ2v) is 6.06. The molecule has 108 valence electrons. The molecule has 0 N–H and O–H groups in total. The highest BCUT2D eigenvalue weighted by Crippen LogP contribution is 2.10. The number of nitrogens with zero attached hydrogens (tertiary/aromatic N) is 4. The molecule has 1 fully saturated rings. The van der Waals surface area contributed by atoms with E-state index in [0.717, 1.165) is 18.3 Å². The zero-order chi connectivity index (χ0) is 13.7. The van der Waals surface area contributed by atoms with Crippen molar-refractivity contribution in [1.82, 2.24) is 19.6 Å². The Balaban J connectivity index is 1.90. The fourth-order valence-electron chi connectivity index (χ4n) is 2.65. The van der Waals surface area contributed by atoms with Crippen molar-refractivity contribution in [2.75, 3.05) is 38.1 Å². The van der Waals surface area contributed by atoms with Crippen molar-refractivity contribution < 1.29 is 0 Å². The molecule has 0 aromatic carbocycles. The molecule has 4 nitrogen and oxygen atoms in total. The Morgan fingerprint density at radius 3 is 2.63 bits per heavy atom. The molecule has 1 saturated heterocycles. The summed E-state index contributed by atoms with van der Waals surface area (Å²) in [4.78, 5) is 5.11. The molecule has 19 heavy (non-hydrogen) atoms. The summed E-state index contributed by atoms with van der Waals surface area (Å²) in [6, 6.07) is 2.25. The lowest BCUT2D eigenvalue weighted by molar-refractivity contribution is 0.253. The molecule has 2 rings (SSSR count). The van der Waals surface area contributed by atoms with Gasteiger partial charge in [0.05, 0.1) is 11.4 Å². The second-order valence-electron chi connectivity index (χ2n) is 5.26. The first-order valence-corrected chi connectivity index (χ1v) is 8.37. The van der Waals surface area contributed by atoms with E-state index in [1.807, 2.05) is 4.68 Å². The van der Waals surface area contributed by atoms with E-state index in [0.29, 0.717) is 0 Å². The van der Waals surface area contributed by atoms with E-state index in [4.69, 9.17) is 0 Å². The van der Waals surface area contributed by atoms with E-state index in [1.165, 1.54) is 50.5 Å². The van der Waals surface area contributed by atoms with Crippen LogP contribution in [0.3, 0.4) is 0 Å². The summed E-state index contributed by atoms with van der Waals surface area (Å²) in [6.45, 7) is 9.14. The molecular weight excluding hydrogens is 304 g/mol. The molecule has 0 unspecified atom stereocenters. The minimum atomic E-state index is 1.02. The minimum Gasteiger partial charge on any atom is -0.301 e. The first-order chi connectivity index (χ1) is 9.22. The van der Waals surface area contributed by atoms with Crippen LogP contribution < -0.4 is 0 Å². The van der Waals surface area contributed by atoms with Crippen LogP contribution >= 0.6 is 15.9 Å². The number of aryl methyl sites for hydroxylation is 2. The average Bonchev–Trinajstić information content (AvgIpc) is 2.60. The number of halogens is 1. The van der Waals surface area contributed by atoms with Gasteiger partial charge in [-0.3, -0.25) is 9.58 Å². The summed E-state index contributed by atoms with van der Waals surface area (Å²) in [5.74, 6) is 0. The van der Waals surface area contributed by atoms with Gasteiger partial charge in [-0.05, 0) is 32.0 Å². The van der Waals surface area contributed by atoms with Crippen LogP contribution in [0.2, 0.25) is 0 Å². The largest absolute Gasteiger partial charge is 0.301 e. The molecule has 0 amide bonds. The molecule has 0 bridgehead atoms. The van der Waals surface area contributed by atoms with Crippen LogP contribution in [0.25, 0.3) is 0 Å². The summed E-state index contributed by atoms with van der Waals surface area (Å²) in [6.07, 6.45) is 2.29. The third kappa shape index (κ3) is 4.29. The van der Waals surface area contributed by atoms with Crippen molar-refractivity contribution in [2.24, 2.45) is 7.05 Å². The standard InChI is InChI=1S/C14H25BrN4/c1-3-13-11-14(17(2)16-13)12-19-7-4-6-18(8-5-15)9-10-19/h11H,3-10,12H2,1-2H3. The van der Waals surface area contributed by atoms with Gasteiger partial charge in [-0.25, -0.2) is 0 Å². The lowest BCUT2D eigenvalue weighted by Gasteiger charge is -2.21. The lowest BCUT2D eigenvalue weighted by atomic mass is 10.3. The van der Waals surface area contributed by atoms with Crippen LogP contribution in [-0.2, 0) is 20.0 Å². The second kappa shape index (κ2) is 7.41. The van der Waals surface area contributed by atoms with Crippen molar-refractivity contribution >= 4 is 15.9 Å². The fraction of sp³-hybridized carbons (Fsp3) is 0.786. The van der Waals surface area contributed by atoms with E-state index in [1.54, 1.807) is 0 Å². The van der Waals surface area contributed by atoms with Gasteiger partial charge in [0.2, 0.25) is 0 Å². The molecule has 1 aliphatic heterocycles. The third-order valence-electron chi connectivity index (χ3n) is 3.86. The summed E-state index contributed by atoms with van der Waals surface area (Å²) in [5, 5.41) is 5.61. The maximum absolute atomic E-state index is 4.54. The van der Waals surface area contributed by atoms with Gasteiger partial charge in [0.1, 0.15) is 0 Å². The highest BCUT2D eigenvalue weighted by Gasteiger charge is 2.16. The van der Waals surface area contributed by atoms with Gasteiger partial charge >= 0.3 is 0 Å². The third-order valence-corrected chi connectivity index (χ3v) is 4.21. The summed E-state index contributed by atoms with van der Waals surface area (Å²) >= 11 is 3.53. The van der Waals surface area contributed by atoms with Gasteiger partial charge in [0.15, 0.2) is 0 Å². The first-order valence-electron chi connectivity index (χ1n) is 7.25. The van der Waals surface area contributed by atoms with Gasteiger partial charge < -0.3 is 4.90 Å². The van der Waals surface area contributed by atoms with Crippen LogP contribution in [0.1, 0.15) is 24.7 Å². The first kappa shape index (κ1) is 15.0. The molecule has 0 aliphatic carbocycles. The summed E-state index contributed by atoms with van der Waals surface area (Å²) < 4.78 is 2.04. The number of hydrogen-bond acceptors (Lipinski definition) is 3. The van der Waals surface area contributed by atoms with Gasteiger partial charge in [0.25, 0.3) is 0 Å². The summed E-state index contributed by atoms with van der Waals surface area (Å²) in [7, 11) is 2.06. The van der Waals surface area contributed by atoms with E-state index < -0.39 is 0 Å². The zero-order valence-electron chi connectivity index (χ0n) is 12.1. The van der Waals surface area contributed by atoms with Crippen LogP contribution in [0.15, 0.2) is 6.07 Å². The van der Waals surface area contributed by atoms with Crippen molar-refractivity contribution in [1.29, 1.82) is 0 Å². The topological polar surface area (TPSA) is 24.3 Å². The normalized spacial score (nSPS) is 18.7. The number of rotatable bonds is 5. The minimum absolute atomic E-state index is 1.02. The van der Waals surface area contributed by atoms with Gasteiger partial charge in [0, 0.05) is 38.6 Å². The molecule has 1 aromatic heterocycles. The zero-order valence-corrected chi connectivity index (χ0v) is 13.7. The van der Waals surface area contributed by atoms with Crippen molar-refractivity contribution in [2.45, 2.75) is 26.3 Å². The fourth-order valence-corrected chi connectivity index (χ4v) is 3.15. The van der Waals surface area contributed by atoms with Crippen LogP contribution in [0.4, 0.5) is 0 Å². The molecule has 1 aromatic rings. The quantitative estimate of drug-likeness (QED) is 0.771. The molecule has 0 radical (unpaired) electrons. The predicted molar refractivity (Wildman–Crippen MR) is 82.7 cm³/mol. The Kier molecular flexibility index (Phi) is 5.85. The highest BCUT2D eigenvalue weighted by molar-refractivity contribution is 9.09. The number of alkyl halides is 1. The number of aromatic nitrogens is 2. The van der Waals surface area contributed by atoms with Gasteiger partial charge in [-0.2, -0.15) is 5.10 Å². The van der Waals surface area contributed by atoms with Crippen molar-refractivity contribution in [3.63, 3.8) is 0 Å². The van der Waals surface area contributed by atoms with E-state index in [2.05, 4.69) is 50.9 Å². The van der Waals surface area contributed by atoms with Gasteiger partial charge in [-0.1, -0.05) is 22.9 Å². The Labute approximate surface area is 124 Å². The molecular formula is C14H25BrN4. The molecule has 0 spiro atoms. The van der Waals surface area contributed by atoms with Gasteiger partial charge in [-0.15, -0.1) is 0 Å². The van der Waals surface area contributed by atoms with Crippen molar-refractivity contribution in [3.05, 3.63) is 17.5 Å². The lowest BCUT2D eigenvalue weighted by Crippen LogP contribution is -2.32. The van der Waals surface area contributed by atoms with Crippen LogP contribution in [0, 0.1) is 0 Å². The van der Waals surface area contributed by atoms with Crippen LogP contribution in [-0.4, -0.2) is 57.6 Å². The molecule has 0 atom stereocenters. The van der Waals surface area contributed by atoms with E-state index in [-0.39, 0.29) is 0 Å². The molecule has 1 aliphatic rings. The molecule has 0 saturated carbocycles. The molecule has 5 heteroatoms. The van der Waals surface area contributed by atoms with E-state index >= 15 is 0 Å². The Bertz CT molecular complexity index is 391. The van der Waals surface area contributed by atoms with Crippen molar-refractivity contribution in [3.8, 4) is 0 Å². The number of hydrogen-bond donors (Lipinski definition) is 0. The highest BCUT2D eigenvalue weighted by atomic mass is 79.9. The maximum Gasteiger partial charge on any atom is 0.0625 e. The SMILES string of the molecule is CCc1cc(CN2CCCN(CCBr)CC2)n(C)n1. The van der Waals surface area contributed by atoms with Crippen LogP contribution in [0.5, 0.6) is 0 Å². The average molecular weight is 329 g/mol. The Morgan fingerprint density at radius 2 is 1.95 bits per heavy atom. The smallest absolute Gasteiger partial charge is 0.0625 e. The monoisotopic (exact) mass is 328 g/mol. The van der Waals surface area contributed by atoms with E-state index in [9.17, 15) is 0 Å². The summed E-state index contributed by atoms with van der Waals surface area (Å²) in [5.41, 5.74) is 2.54. The Morgan fingerprint density at radius 1 is 1.21 bits per heavy atom. The maximum atomic E-state index is 4.54. The Hall–Kier alpha value is -0.390. The molecule has 2 heterocycles. The predicted octanol–water partition coefficient (Wildman–Crippen LogP) is 1.89.